The average molecular weight is 809 g/mol. The maximum absolute atomic E-state index is 12.6. The van der Waals surface area contributed by atoms with E-state index in [9.17, 15) is 48.4 Å². The zero-order valence-corrected chi connectivity index (χ0v) is 30.4. The molecule has 0 unspecified atom stereocenters. The van der Waals surface area contributed by atoms with Crippen molar-refractivity contribution in [3.8, 4) is 22.9 Å². The molecule has 0 aliphatic rings. The summed E-state index contributed by atoms with van der Waals surface area (Å²) in [6.07, 6.45) is 0. The van der Waals surface area contributed by atoms with E-state index >= 15 is 0 Å². The molecule has 23 heteroatoms. The fraction of sp³-hybridized carbons (Fsp3) is 0.0625. The van der Waals surface area contributed by atoms with E-state index in [1.54, 1.807) is 38.1 Å². The van der Waals surface area contributed by atoms with Gasteiger partial charge in [-0.3, -0.25) is 40.0 Å². The Morgan fingerprint density at radius 2 is 1.15 bits per heavy atom. The Balaban J connectivity index is 0.000000243. The molecule has 21 nitrogen and oxygen atoms in total. The Hall–Kier alpha value is -7.06. The molecule has 6 aromatic rings. The molecule has 2 aromatic heterocycles. The first-order valence-electron chi connectivity index (χ1n) is 15.2. The first kappa shape index (κ1) is 40.7. The van der Waals surface area contributed by atoms with Gasteiger partial charge in [0.15, 0.2) is 11.4 Å². The molecule has 5 N–H and O–H groups in total. The van der Waals surface area contributed by atoms with E-state index in [1.165, 1.54) is 28.9 Å². The number of aromatic nitrogens is 4. The molecule has 279 valence electrons. The fourth-order valence-corrected chi connectivity index (χ4v) is 5.26. The number of aryl methyl sites for hydroxylation is 2. The number of H-pyrrole nitrogens is 2. The number of nitrogens with one attached hydrogen (secondary N) is 2. The van der Waals surface area contributed by atoms with Gasteiger partial charge in [0.05, 0.1) is 44.0 Å². The zero-order chi connectivity index (χ0) is 39.3. The number of nitrogens with zero attached hydrogens (tertiary/aromatic N) is 8. The number of azo groups is 2. The monoisotopic (exact) mass is 808 g/mol. The second-order valence-corrected chi connectivity index (χ2v) is 12.8. The molecule has 1 radical (unpaired) electrons. The van der Waals surface area contributed by atoms with E-state index in [0.29, 0.717) is 17.1 Å². The van der Waals surface area contributed by atoms with Crippen molar-refractivity contribution in [1.29, 1.82) is 0 Å². The van der Waals surface area contributed by atoms with Crippen LogP contribution in [-0.2, 0) is 27.4 Å². The van der Waals surface area contributed by atoms with Gasteiger partial charge in [-0.15, -0.1) is 10.2 Å². The molecule has 0 spiro atoms. The summed E-state index contributed by atoms with van der Waals surface area (Å²) in [6, 6.07) is 20.6. The third-order valence-electron chi connectivity index (χ3n) is 7.35. The second-order valence-electron chi connectivity index (χ2n) is 11.1. The molecule has 6 rings (SSSR count). The van der Waals surface area contributed by atoms with E-state index in [0.717, 1.165) is 41.1 Å². The molecule has 0 bridgehead atoms. The van der Waals surface area contributed by atoms with Crippen LogP contribution in [0.15, 0.2) is 126 Å². The minimum absolute atomic E-state index is 0. The van der Waals surface area contributed by atoms with Crippen molar-refractivity contribution in [1.82, 2.24) is 19.6 Å². The van der Waals surface area contributed by atoms with Crippen LogP contribution in [0.5, 0.6) is 11.5 Å². The second kappa shape index (κ2) is 16.7. The molecule has 55 heavy (non-hydrogen) atoms. The maximum Gasteiger partial charge on any atom is 3.00 e. The van der Waals surface area contributed by atoms with Crippen LogP contribution >= 0.6 is 0 Å². The summed E-state index contributed by atoms with van der Waals surface area (Å²) < 4.78 is 25.6. The molecule has 2 heterocycles. The van der Waals surface area contributed by atoms with Crippen molar-refractivity contribution in [2.45, 2.75) is 18.7 Å². The first-order valence-corrected chi connectivity index (χ1v) is 16.8. The van der Waals surface area contributed by atoms with Crippen LogP contribution in [0, 0.1) is 34.1 Å². The largest absolute Gasteiger partial charge is 3.00 e. The normalized spacial score (nSPS) is 11.3. The summed E-state index contributed by atoms with van der Waals surface area (Å²) in [5.74, 6) is -1.24. The Labute approximate surface area is 319 Å². The van der Waals surface area contributed by atoms with Gasteiger partial charge in [-0.25, -0.2) is 14.5 Å². The van der Waals surface area contributed by atoms with Gasteiger partial charge < -0.3 is 10.2 Å². The quantitative estimate of drug-likeness (QED) is 0.108. The summed E-state index contributed by atoms with van der Waals surface area (Å²) in [7, 11) is -3.71. The molecular weight excluding hydrogens is 782 g/mol. The number of hydrogen-bond donors (Lipinski definition) is 3. The molecule has 0 aliphatic carbocycles. The van der Waals surface area contributed by atoms with Gasteiger partial charge in [0.25, 0.3) is 22.5 Å². The summed E-state index contributed by atoms with van der Waals surface area (Å²) >= 11 is 0. The first-order chi connectivity index (χ1) is 25.5. The summed E-state index contributed by atoms with van der Waals surface area (Å²) in [5, 5.41) is 68.8. The van der Waals surface area contributed by atoms with Crippen LogP contribution < -0.4 is 26.5 Å². The SMILES string of the molecule is Cc1[nH]n(-c2cccc(S([NH3+])(=O)=O)c2)c(=O)c1N=Nc1ccc([N+](=O)[O-])cc1[O-].Cc1[nH]n(-c2ccccc2)c(=O)c1N=Nc1cc([N+](=O)[O-])ccc1[O-].[Cr+3]. The van der Waals surface area contributed by atoms with Gasteiger partial charge in [-0.2, -0.15) is 18.6 Å². The number of hydrogen-bond acceptors (Lipinski definition) is 14. The standard InChI is InChI=1S/C16H14N6O6S.C16H13N5O4.Cr/c1-9-15(19-18-13-6-5-11(22(25)26)8-14(13)23)16(24)21(20-9)10-3-2-4-12(7-10)29(17,27)28;1-10-15(16(23)20(19-10)11-5-3-2-4-6-11)18-17-13-9-12(21(24)25)7-8-14(13)22;/h2-8,20,23H,1H3,(H2,17,27,28);2-9,19,22H,1H3;/q;;+3/p-1. The van der Waals surface area contributed by atoms with Gasteiger partial charge in [0.1, 0.15) is 4.90 Å². The van der Waals surface area contributed by atoms with E-state index in [2.05, 4.69) is 35.8 Å². The number of rotatable bonds is 9. The molecule has 0 amide bonds. The zero-order valence-electron chi connectivity index (χ0n) is 28.3. The van der Waals surface area contributed by atoms with Crippen LogP contribution in [0.4, 0.5) is 34.1 Å². The van der Waals surface area contributed by atoms with Crippen molar-refractivity contribution < 1.29 is 51.0 Å². The number of non-ortho nitro benzene ring substituents is 2. The van der Waals surface area contributed by atoms with Crippen LogP contribution in [0.3, 0.4) is 0 Å². The van der Waals surface area contributed by atoms with E-state index in [4.69, 9.17) is 0 Å². The van der Waals surface area contributed by atoms with Crippen LogP contribution in [0.2, 0.25) is 0 Å². The summed E-state index contributed by atoms with van der Waals surface area (Å²) in [6.45, 7) is 3.18. The topological polar surface area (TPSA) is 319 Å². The minimum atomic E-state index is -3.71. The smallest absolute Gasteiger partial charge is 0.871 e. The number of aromatic amines is 2. The van der Waals surface area contributed by atoms with E-state index < -0.39 is 42.5 Å². The van der Waals surface area contributed by atoms with Crippen molar-refractivity contribution in [3.05, 3.63) is 143 Å². The Kier molecular flexibility index (Phi) is 12.4. The van der Waals surface area contributed by atoms with Crippen molar-refractivity contribution in [2.75, 3.05) is 0 Å². The molecule has 0 fully saturated rings. The molecule has 0 saturated carbocycles. The predicted octanol–water partition coefficient (Wildman–Crippen LogP) is 3.67. The third kappa shape index (κ3) is 9.31. The van der Waals surface area contributed by atoms with Crippen LogP contribution in [-0.4, -0.2) is 37.8 Å². The van der Waals surface area contributed by atoms with Crippen LogP contribution in [0.1, 0.15) is 11.4 Å². The molecular formula is C32H26CrN11O10S+2. The average Bonchev–Trinajstić information content (AvgIpc) is 3.59. The molecule has 0 saturated heterocycles. The number of benzene rings is 4. The number of para-hydroxylation sites is 1. The predicted molar refractivity (Wildman–Crippen MR) is 186 cm³/mol. The fourth-order valence-electron chi connectivity index (χ4n) is 4.67. The number of sulfonamides is 1. The molecule has 4 aromatic carbocycles. The van der Waals surface area contributed by atoms with Crippen molar-refractivity contribution >= 4 is 44.1 Å². The van der Waals surface area contributed by atoms with Gasteiger partial charge in [-0.1, -0.05) is 41.8 Å². The molecule has 0 atom stereocenters. The summed E-state index contributed by atoms with van der Waals surface area (Å²) in [5.41, 5.74) is -0.555. The van der Waals surface area contributed by atoms with Gasteiger partial charge in [0, 0.05) is 24.3 Å². The minimum Gasteiger partial charge on any atom is -0.871 e. The summed E-state index contributed by atoms with van der Waals surface area (Å²) in [4.78, 5) is 45.2. The van der Waals surface area contributed by atoms with Crippen LogP contribution in [0.25, 0.3) is 11.4 Å². The number of nitro groups is 2. The number of nitro benzene ring substituents is 2. The van der Waals surface area contributed by atoms with Gasteiger partial charge >= 0.3 is 27.4 Å². The molecule has 0 aliphatic heterocycles. The van der Waals surface area contributed by atoms with E-state index in [1.807, 2.05) is 6.07 Å². The van der Waals surface area contributed by atoms with Gasteiger partial charge in [0.2, 0.25) is 0 Å². The van der Waals surface area contributed by atoms with Crippen molar-refractivity contribution in [2.24, 2.45) is 20.5 Å². The third-order valence-corrected chi connectivity index (χ3v) is 8.33. The van der Waals surface area contributed by atoms with E-state index in [-0.39, 0.29) is 62.1 Å². The maximum atomic E-state index is 12.6. The Morgan fingerprint density at radius 1 is 0.636 bits per heavy atom. The Morgan fingerprint density at radius 3 is 1.69 bits per heavy atom. The Bertz CT molecular complexity index is 2700. The van der Waals surface area contributed by atoms with Gasteiger partial charge in [-0.05, 0) is 50.2 Å². The number of quaternary nitrogens is 1. The van der Waals surface area contributed by atoms with Crippen molar-refractivity contribution in [3.63, 3.8) is 0 Å².